The molecule has 0 N–H and O–H groups in total. The van der Waals surface area contributed by atoms with Gasteiger partial charge in [0.15, 0.2) is 17.5 Å². The summed E-state index contributed by atoms with van der Waals surface area (Å²) in [4.78, 5) is 14.9. The molecule has 5 nitrogen and oxygen atoms in total. The van der Waals surface area contributed by atoms with Gasteiger partial charge in [0, 0.05) is 38.2 Å². The lowest BCUT2D eigenvalue weighted by molar-refractivity contribution is 0.669. The molecular formula is C57H36N4O. The summed E-state index contributed by atoms with van der Waals surface area (Å²) in [6, 6.07) is 17.4. The molecule has 62 heavy (non-hydrogen) atoms. The quantitative estimate of drug-likeness (QED) is 0.161. The fourth-order valence-electron chi connectivity index (χ4n) is 7.54. The van der Waals surface area contributed by atoms with Crippen LogP contribution >= 0.6 is 0 Å². The van der Waals surface area contributed by atoms with Gasteiger partial charge >= 0.3 is 0 Å². The Bertz CT molecular complexity index is 4710. The lowest BCUT2D eigenvalue weighted by Crippen LogP contribution is -2.04. The summed E-state index contributed by atoms with van der Waals surface area (Å²) in [5, 5.41) is -1.13. The van der Waals surface area contributed by atoms with Crippen molar-refractivity contribution in [2.75, 3.05) is 0 Å². The minimum atomic E-state index is -0.805. The molecule has 0 aliphatic rings. The predicted octanol–water partition coefficient (Wildman–Crippen LogP) is 14.9. The van der Waals surface area contributed by atoms with E-state index in [1.165, 1.54) is 22.8 Å². The Hall–Kier alpha value is -8.41. The topological polar surface area (TPSA) is 56.7 Å². The van der Waals surface area contributed by atoms with E-state index in [9.17, 15) is 11.0 Å². The Morgan fingerprint density at radius 1 is 0.371 bits per heavy atom. The first-order valence-electron chi connectivity index (χ1n) is 28.8. The highest BCUT2D eigenvalue weighted by molar-refractivity contribution is 6.11. The monoisotopic (exact) mass is 811 g/mol. The van der Waals surface area contributed by atoms with Gasteiger partial charge in [-0.25, -0.2) is 15.0 Å². The number of rotatable bonds is 7. The van der Waals surface area contributed by atoms with E-state index in [1.807, 2.05) is 60.7 Å². The molecule has 0 radical (unpaired) electrons. The third-order valence-electron chi connectivity index (χ3n) is 10.5. The summed E-state index contributed by atoms with van der Waals surface area (Å²) in [5.41, 5.74) is 0.0528. The van der Waals surface area contributed by atoms with E-state index < -0.39 is 126 Å². The van der Waals surface area contributed by atoms with Crippen LogP contribution in [-0.2, 0) is 0 Å². The molecular weight excluding hydrogens is 757 g/mol. The second kappa shape index (κ2) is 14.7. The van der Waals surface area contributed by atoms with E-state index in [4.69, 9.17) is 34.4 Å². The van der Waals surface area contributed by atoms with Gasteiger partial charge in [-0.05, 0) is 81.8 Å². The molecule has 0 unspecified atom stereocenters. The number of fused-ring (bicyclic) bond motifs is 6. The van der Waals surface area contributed by atoms with Crippen molar-refractivity contribution in [3.63, 3.8) is 0 Å². The van der Waals surface area contributed by atoms with Crippen molar-refractivity contribution in [3.8, 4) is 73.2 Å². The maximum atomic E-state index is 9.85. The number of furan rings is 1. The molecule has 12 aromatic rings. The third-order valence-corrected chi connectivity index (χ3v) is 10.5. The van der Waals surface area contributed by atoms with Gasteiger partial charge in [-0.3, -0.25) is 0 Å². The molecule has 0 bridgehead atoms. The van der Waals surface area contributed by atoms with E-state index >= 15 is 0 Å². The second-order valence-electron chi connectivity index (χ2n) is 14.1. The maximum absolute atomic E-state index is 9.85. The Balaban J connectivity index is 1.23. The first kappa shape index (κ1) is 21.2. The van der Waals surface area contributed by atoms with E-state index in [0.717, 1.165) is 11.1 Å². The lowest BCUT2D eigenvalue weighted by atomic mass is 10.00. The number of benzene rings is 9. The van der Waals surface area contributed by atoms with E-state index in [-0.39, 0.29) is 83.6 Å². The number of hydrogen-bond donors (Lipinski definition) is 0. The van der Waals surface area contributed by atoms with Crippen LogP contribution < -0.4 is 0 Å². The maximum Gasteiger partial charge on any atom is 0.166 e. The summed E-state index contributed by atoms with van der Waals surface area (Å²) in [5.74, 6) is 0.296. The Morgan fingerprint density at radius 2 is 0.935 bits per heavy atom. The van der Waals surface area contributed by atoms with Crippen molar-refractivity contribution in [1.82, 2.24) is 19.5 Å². The summed E-state index contributed by atoms with van der Waals surface area (Å²) in [7, 11) is 0. The normalized spacial score (nSPS) is 15.8. The van der Waals surface area contributed by atoms with E-state index in [2.05, 4.69) is 0 Å². The zero-order valence-electron chi connectivity index (χ0n) is 51.0. The number of para-hydroxylation sites is 2. The second-order valence-corrected chi connectivity index (χ2v) is 14.1. The summed E-state index contributed by atoms with van der Waals surface area (Å²) >= 11 is 0. The minimum Gasteiger partial charge on any atom is -0.456 e. The van der Waals surface area contributed by atoms with Crippen LogP contribution in [0.3, 0.4) is 0 Å². The highest BCUT2D eigenvalue weighted by Crippen LogP contribution is 2.41. The molecule has 0 saturated heterocycles. The first-order chi connectivity index (χ1) is 38.6. The molecule has 0 atom stereocenters. The van der Waals surface area contributed by atoms with Gasteiger partial charge < -0.3 is 8.98 Å². The molecule has 290 valence electrons. The van der Waals surface area contributed by atoms with E-state index in [1.54, 1.807) is 24.3 Å². The van der Waals surface area contributed by atoms with Crippen molar-refractivity contribution < 1.29 is 30.5 Å². The van der Waals surface area contributed by atoms with Crippen molar-refractivity contribution in [1.29, 1.82) is 0 Å². The highest BCUT2D eigenvalue weighted by atomic mass is 16.3. The molecule has 0 aliphatic carbocycles. The van der Waals surface area contributed by atoms with Crippen LogP contribution in [0.4, 0.5) is 0 Å². The summed E-state index contributed by atoms with van der Waals surface area (Å²) in [6.45, 7) is 0. The average Bonchev–Trinajstić information content (AvgIpc) is 2.30. The SMILES string of the molecule is [2H]c1c([2H])c([2H])c(-c2c([2H])c([2H])c3c(c2[2H])c2c([2H])c([2H])c([2H])c([2H])c2n3-c2cc(-c3c([2H])c([2H])c4c(oc5c([2H])c([2H])c([2H])c([2H])c54)c3[2H])ccc2-c2nc(-c3ccccc3)nc(-c3ccc(-c4ccccc4)cc3)n2)c([2H])c1[2H]. The fraction of sp³-hybridized carbons (Fsp3) is 0. The van der Waals surface area contributed by atoms with Gasteiger partial charge in [0.2, 0.25) is 0 Å². The molecule has 0 aliphatic heterocycles. The van der Waals surface area contributed by atoms with Crippen LogP contribution in [0.5, 0.6) is 0 Å². The third kappa shape index (κ3) is 6.14. The molecule has 0 amide bonds. The molecule has 12 rings (SSSR count). The fourth-order valence-corrected chi connectivity index (χ4v) is 7.54. The minimum absolute atomic E-state index is 0.0106. The van der Waals surface area contributed by atoms with Crippen LogP contribution in [0.25, 0.3) is 117 Å². The van der Waals surface area contributed by atoms with Crippen LogP contribution in [0, 0.1) is 0 Å². The van der Waals surface area contributed by atoms with Gasteiger partial charge in [-0.15, -0.1) is 0 Å². The molecule has 9 aromatic carbocycles. The van der Waals surface area contributed by atoms with Gasteiger partial charge in [0.05, 0.1) is 42.8 Å². The summed E-state index contributed by atoms with van der Waals surface area (Å²) < 4.78 is 179. The van der Waals surface area contributed by atoms with Crippen molar-refractivity contribution in [2.24, 2.45) is 0 Å². The number of hydrogen-bond acceptors (Lipinski definition) is 4. The molecule has 3 heterocycles. The van der Waals surface area contributed by atoms with Crippen LogP contribution in [0.15, 0.2) is 222 Å². The van der Waals surface area contributed by atoms with Crippen LogP contribution in [-0.4, -0.2) is 19.5 Å². The standard InChI is InChI=1S/C57H36N4O/c1-4-14-37(15-5-1)39-24-26-41(27-25-39)56-58-55(40-18-8-3-9-19-40)59-57(60-56)48-32-29-43(44-28-31-47-46-21-11-13-23-53(46)62-54(47)36-44)35-52(48)61-50-22-12-10-20-45(50)49-34-42(30-33-51(49)61)38-16-6-2-7-17-38/h1-36H/i2D,6D,7D,10D,11D,12D,13D,16D,17D,20D,21D,22D,23D,28D,30D,31D,33D,34D,36D. The van der Waals surface area contributed by atoms with Crippen LogP contribution in [0.1, 0.15) is 26.0 Å². The first-order valence-corrected chi connectivity index (χ1v) is 19.3. The van der Waals surface area contributed by atoms with Crippen LogP contribution in [0.2, 0.25) is 0 Å². The van der Waals surface area contributed by atoms with Gasteiger partial charge in [-0.1, -0.05) is 170 Å². The zero-order chi connectivity index (χ0) is 57.5. The molecule has 0 saturated carbocycles. The van der Waals surface area contributed by atoms with E-state index in [0.29, 0.717) is 11.1 Å². The Labute approximate surface area is 384 Å². The molecule has 3 aromatic heterocycles. The highest BCUT2D eigenvalue weighted by Gasteiger charge is 2.21. The van der Waals surface area contributed by atoms with Gasteiger partial charge in [-0.2, -0.15) is 0 Å². The van der Waals surface area contributed by atoms with Gasteiger partial charge in [0.1, 0.15) is 11.2 Å². The molecule has 5 heteroatoms. The smallest absolute Gasteiger partial charge is 0.166 e. The van der Waals surface area contributed by atoms with Gasteiger partial charge in [0.25, 0.3) is 0 Å². The Kier molecular flexibility index (Phi) is 5.03. The lowest BCUT2D eigenvalue weighted by Gasteiger charge is -2.16. The largest absolute Gasteiger partial charge is 0.456 e. The van der Waals surface area contributed by atoms with Crippen molar-refractivity contribution in [2.45, 2.75) is 0 Å². The predicted molar refractivity (Wildman–Crippen MR) is 254 cm³/mol. The summed E-state index contributed by atoms with van der Waals surface area (Å²) in [6.07, 6.45) is 0. The molecule has 0 fully saturated rings. The van der Waals surface area contributed by atoms with Crippen molar-refractivity contribution in [3.05, 3.63) is 218 Å². The Morgan fingerprint density at radius 3 is 1.73 bits per heavy atom. The molecule has 0 spiro atoms. The number of aromatic nitrogens is 4. The zero-order valence-corrected chi connectivity index (χ0v) is 32.0. The number of nitrogens with zero attached hydrogens (tertiary/aromatic N) is 4. The van der Waals surface area contributed by atoms with Crippen molar-refractivity contribution >= 4 is 43.7 Å². The average molecular weight is 812 g/mol.